The molecule has 2 N–H and O–H groups in total. The zero-order valence-corrected chi connectivity index (χ0v) is 12.2. The second kappa shape index (κ2) is 6.72. The third kappa shape index (κ3) is 5.36. The monoisotopic (exact) mass is 241 g/mol. The predicted molar refractivity (Wildman–Crippen MR) is 75.2 cm³/mol. The molecule has 1 aliphatic heterocycles. The molecule has 0 radical (unpaired) electrons. The van der Waals surface area contributed by atoms with Crippen molar-refractivity contribution in [3.63, 3.8) is 0 Å². The van der Waals surface area contributed by atoms with E-state index in [1.165, 1.54) is 45.6 Å². The minimum atomic E-state index is 0.333. The van der Waals surface area contributed by atoms with Gasteiger partial charge in [0, 0.05) is 31.7 Å². The van der Waals surface area contributed by atoms with Crippen LogP contribution in [0.1, 0.15) is 40.5 Å². The van der Waals surface area contributed by atoms with Gasteiger partial charge in [-0.25, -0.2) is 0 Å². The van der Waals surface area contributed by atoms with Crippen LogP contribution in [0, 0.1) is 5.92 Å². The Morgan fingerprint density at radius 1 is 1.12 bits per heavy atom. The molecule has 1 aliphatic rings. The van der Waals surface area contributed by atoms with Crippen molar-refractivity contribution < 1.29 is 0 Å². The zero-order valence-electron chi connectivity index (χ0n) is 12.2. The molecule has 1 atom stereocenters. The van der Waals surface area contributed by atoms with Gasteiger partial charge in [0.1, 0.15) is 0 Å². The highest BCUT2D eigenvalue weighted by atomic mass is 15.3. The molecule has 3 nitrogen and oxygen atoms in total. The lowest BCUT2D eigenvalue weighted by Crippen LogP contribution is -2.53. The SMILES string of the molecule is CC(CN)CCCN1CCN(C(C)(C)C)CC1. The van der Waals surface area contributed by atoms with Crippen LogP contribution < -0.4 is 5.73 Å². The van der Waals surface area contributed by atoms with E-state index in [4.69, 9.17) is 5.73 Å². The van der Waals surface area contributed by atoms with Crippen molar-refractivity contribution in [2.24, 2.45) is 11.7 Å². The Hall–Kier alpha value is -0.120. The molecule has 0 spiro atoms. The van der Waals surface area contributed by atoms with Crippen LogP contribution in [-0.4, -0.2) is 54.6 Å². The zero-order chi connectivity index (χ0) is 12.9. The summed E-state index contributed by atoms with van der Waals surface area (Å²) in [5.74, 6) is 0.686. The second-order valence-electron chi connectivity index (χ2n) is 6.48. The highest BCUT2D eigenvalue weighted by molar-refractivity contribution is 4.81. The van der Waals surface area contributed by atoms with Gasteiger partial charge >= 0.3 is 0 Å². The Bertz CT molecular complexity index is 202. The largest absolute Gasteiger partial charge is 0.330 e. The lowest BCUT2D eigenvalue weighted by atomic mass is 10.0. The smallest absolute Gasteiger partial charge is 0.0126 e. The molecule has 1 saturated heterocycles. The summed E-state index contributed by atoms with van der Waals surface area (Å²) in [5, 5.41) is 0. The van der Waals surface area contributed by atoms with E-state index in [1.807, 2.05) is 0 Å². The van der Waals surface area contributed by atoms with Crippen molar-refractivity contribution in [1.82, 2.24) is 9.80 Å². The molecule has 0 aliphatic carbocycles. The van der Waals surface area contributed by atoms with Crippen LogP contribution in [0.25, 0.3) is 0 Å². The fraction of sp³-hybridized carbons (Fsp3) is 1.00. The fourth-order valence-electron chi connectivity index (χ4n) is 2.42. The van der Waals surface area contributed by atoms with Crippen LogP contribution in [0.5, 0.6) is 0 Å². The molecule has 1 fully saturated rings. The van der Waals surface area contributed by atoms with E-state index >= 15 is 0 Å². The number of hydrogen-bond acceptors (Lipinski definition) is 3. The third-order valence-corrected chi connectivity index (χ3v) is 3.89. The lowest BCUT2D eigenvalue weighted by Gasteiger charge is -2.42. The summed E-state index contributed by atoms with van der Waals surface area (Å²) in [6, 6.07) is 0. The van der Waals surface area contributed by atoms with Crippen LogP contribution in [0.15, 0.2) is 0 Å². The first-order valence-corrected chi connectivity index (χ1v) is 7.11. The van der Waals surface area contributed by atoms with E-state index < -0.39 is 0 Å². The summed E-state index contributed by atoms with van der Waals surface area (Å²) in [4.78, 5) is 5.19. The third-order valence-electron chi connectivity index (χ3n) is 3.89. The summed E-state index contributed by atoms with van der Waals surface area (Å²) in [7, 11) is 0. The molecule has 3 heteroatoms. The van der Waals surface area contributed by atoms with E-state index in [0.29, 0.717) is 11.5 Å². The maximum Gasteiger partial charge on any atom is 0.0126 e. The molecule has 17 heavy (non-hydrogen) atoms. The summed E-state index contributed by atoms with van der Waals surface area (Å²) < 4.78 is 0. The Kier molecular flexibility index (Phi) is 5.90. The standard InChI is InChI=1S/C14H31N3/c1-13(12-15)6-5-7-16-8-10-17(11-9-16)14(2,3)4/h13H,5-12,15H2,1-4H3. The van der Waals surface area contributed by atoms with Gasteiger partial charge in [0.15, 0.2) is 0 Å². The highest BCUT2D eigenvalue weighted by Gasteiger charge is 2.25. The van der Waals surface area contributed by atoms with Crippen LogP contribution in [0.4, 0.5) is 0 Å². The van der Waals surface area contributed by atoms with Gasteiger partial charge in [-0.1, -0.05) is 6.92 Å². The molecule has 0 aromatic rings. The Morgan fingerprint density at radius 3 is 2.18 bits per heavy atom. The number of nitrogens with zero attached hydrogens (tertiary/aromatic N) is 2. The first kappa shape index (κ1) is 14.9. The molecular formula is C14H31N3. The summed E-state index contributed by atoms with van der Waals surface area (Å²) in [5.41, 5.74) is 5.97. The maximum absolute atomic E-state index is 5.64. The van der Waals surface area contributed by atoms with Crippen molar-refractivity contribution in [3.05, 3.63) is 0 Å². The van der Waals surface area contributed by atoms with Crippen LogP contribution >= 0.6 is 0 Å². The van der Waals surface area contributed by atoms with Crippen LogP contribution in [0.3, 0.4) is 0 Å². The van der Waals surface area contributed by atoms with Gasteiger partial charge in [-0.3, -0.25) is 4.90 Å². The molecular weight excluding hydrogens is 210 g/mol. The molecule has 0 bridgehead atoms. The molecule has 0 saturated carbocycles. The lowest BCUT2D eigenvalue weighted by molar-refractivity contribution is 0.0612. The van der Waals surface area contributed by atoms with E-state index in [1.54, 1.807) is 0 Å². The summed E-state index contributed by atoms with van der Waals surface area (Å²) in [6.45, 7) is 16.2. The first-order chi connectivity index (χ1) is 7.93. The topological polar surface area (TPSA) is 32.5 Å². The van der Waals surface area contributed by atoms with Gasteiger partial charge in [0.05, 0.1) is 0 Å². The van der Waals surface area contributed by atoms with E-state index in [-0.39, 0.29) is 0 Å². The van der Waals surface area contributed by atoms with Crippen molar-refractivity contribution in [2.45, 2.75) is 46.1 Å². The Morgan fingerprint density at radius 2 is 1.71 bits per heavy atom. The van der Waals surface area contributed by atoms with Crippen molar-refractivity contribution in [1.29, 1.82) is 0 Å². The molecule has 0 amide bonds. The van der Waals surface area contributed by atoms with E-state index in [2.05, 4.69) is 37.5 Å². The fourth-order valence-corrected chi connectivity index (χ4v) is 2.42. The van der Waals surface area contributed by atoms with Gasteiger partial charge in [-0.2, -0.15) is 0 Å². The first-order valence-electron chi connectivity index (χ1n) is 7.11. The number of hydrogen-bond donors (Lipinski definition) is 1. The molecule has 1 unspecified atom stereocenters. The number of rotatable bonds is 5. The molecule has 102 valence electrons. The van der Waals surface area contributed by atoms with E-state index in [0.717, 1.165) is 6.54 Å². The summed E-state index contributed by atoms with van der Waals surface area (Å²) in [6.07, 6.45) is 2.57. The normalized spacial score (nSPS) is 21.7. The highest BCUT2D eigenvalue weighted by Crippen LogP contribution is 2.16. The van der Waals surface area contributed by atoms with Crippen molar-refractivity contribution in [3.8, 4) is 0 Å². The van der Waals surface area contributed by atoms with Gasteiger partial charge in [0.25, 0.3) is 0 Å². The van der Waals surface area contributed by atoms with Gasteiger partial charge < -0.3 is 10.6 Å². The average Bonchev–Trinajstić information content (AvgIpc) is 2.28. The van der Waals surface area contributed by atoms with Crippen LogP contribution in [0.2, 0.25) is 0 Å². The second-order valence-corrected chi connectivity index (χ2v) is 6.48. The molecule has 1 rings (SSSR count). The van der Waals surface area contributed by atoms with Gasteiger partial charge in [-0.15, -0.1) is 0 Å². The quantitative estimate of drug-likeness (QED) is 0.796. The van der Waals surface area contributed by atoms with Gasteiger partial charge in [-0.05, 0) is 52.6 Å². The Labute approximate surface area is 107 Å². The number of piperazine rings is 1. The van der Waals surface area contributed by atoms with Crippen molar-refractivity contribution >= 4 is 0 Å². The van der Waals surface area contributed by atoms with Crippen molar-refractivity contribution in [2.75, 3.05) is 39.3 Å². The average molecular weight is 241 g/mol. The Balaban J connectivity index is 2.15. The minimum Gasteiger partial charge on any atom is -0.330 e. The molecule has 0 aromatic carbocycles. The maximum atomic E-state index is 5.64. The van der Waals surface area contributed by atoms with Crippen LogP contribution in [-0.2, 0) is 0 Å². The number of nitrogens with two attached hydrogens (primary N) is 1. The predicted octanol–water partition coefficient (Wildman–Crippen LogP) is 1.78. The minimum absolute atomic E-state index is 0.333. The molecule has 0 aromatic heterocycles. The van der Waals surface area contributed by atoms with Gasteiger partial charge in [0.2, 0.25) is 0 Å². The van der Waals surface area contributed by atoms with E-state index in [9.17, 15) is 0 Å². The summed E-state index contributed by atoms with van der Waals surface area (Å²) >= 11 is 0. The molecule has 1 heterocycles.